The second-order valence-corrected chi connectivity index (χ2v) is 5.77. The summed E-state index contributed by atoms with van der Waals surface area (Å²) in [6.45, 7) is 0. The van der Waals surface area contributed by atoms with Crippen LogP contribution in [-0.4, -0.2) is 14.2 Å². The monoisotopic (exact) mass is 284 g/mol. The van der Waals surface area contributed by atoms with Gasteiger partial charge in [-0.1, -0.05) is 24.3 Å². The van der Waals surface area contributed by atoms with Crippen LogP contribution in [0.3, 0.4) is 0 Å². The molecule has 0 amide bonds. The molecule has 0 saturated heterocycles. The van der Waals surface area contributed by atoms with Gasteiger partial charge in [0, 0.05) is 22.1 Å². The van der Waals surface area contributed by atoms with E-state index in [9.17, 15) is 0 Å². The Hall–Kier alpha value is -2.00. The highest BCUT2D eigenvalue weighted by Gasteiger charge is 2.08. The Morgan fingerprint density at radius 1 is 0.950 bits per heavy atom. The number of thiophene rings is 1. The van der Waals surface area contributed by atoms with Crippen molar-refractivity contribution in [1.29, 1.82) is 0 Å². The van der Waals surface area contributed by atoms with E-state index >= 15 is 0 Å². The van der Waals surface area contributed by atoms with Crippen LogP contribution in [-0.2, 0) is 6.42 Å². The summed E-state index contributed by atoms with van der Waals surface area (Å²) in [6, 6.07) is 16.7. The summed E-state index contributed by atoms with van der Waals surface area (Å²) >= 11 is 1.83. The van der Waals surface area contributed by atoms with E-state index in [0.29, 0.717) is 0 Å². The number of hydrogen-bond donors (Lipinski definition) is 0. The third kappa shape index (κ3) is 2.49. The van der Waals surface area contributed by atoms with Gasteiger partial charge in [-0.15, -0.1) is 11.3 Å². The van der Waals surface area contributed by atoms with Crippen molar-refractivity contribution in [2.45, 2.75) is 6.42 Å². The average Bonchev–Trinajstić information content (AvgIpc) is 2.90. The molecule has 0 fully saturated rings. The lowest BCUT2D eigenvalue weighted by atomic mass is 10.1. The lowest BCUT2D eigenvalue weighted by Gasteiger charge is -2.09. The molecule has 0 saturated carbocycles. The van der Waals surface area contributed by atoms with Crippen molar-refractivity contribution >= 4 is 21.4 Å². The van der Waals surface area contributed by atoms with E-state index in [1.54, 1.807) is 14.2 Å². The third-order valence-electron chi connectivity index (χ3n) is 3.34. The highest BCUT2D eigenvalue weighted by Crippen LogP contribution is 2.31. The molecule has 1 aromatic heterocycles. The zero-order valence-corrected chi connectivity index (χ0v) is 12.4. The van der Waals surface area contributed by atoms with Crippen molar-refractivity contribution in [1.82, 2.24) is 0 Å². The quantitative estimate of drug-likeness (QED) is 0.702. The SMILES string of the molecule is COc1ccc(Cc2cc3ccccc3s2)c(OC)c1. The number of hydrogen-bond acceptors (Lipinski definition) is 3. The zero-order chi connectivity index (χ0) is 13.9. The molecule has 0 unspecified atom stereocenters. The Morgan fingerprint density at radius 3 is 2.55 bits per heavy atom. The Morgan fingerprint density at radius 2 is 1.80 bits per heavy atom. The molecule has 102 valence electrons. The minimum Gasteiger partial charge on any atom is -0.497 e. The first-order chi connectivity index (χ1) is 9.80. The van der Waals surface area contributed by atoms with E-state index in [2.05, 4.69) is 36.4 Å². The molecule has 2 nitrogen and oxygen atoms in total. The van der Waals surface area contributed by atoms with Crippen LogP contribution in [0.15, 0.2) is 48.5 Å². The Bertz CT molecular complexity index is 698. The van der Waals surface area contributed by atoms with Crippen LogP contribution in [0, 0.1) is 0 Å². The van der Waals surface area contributed by atoms with Crippen LogP contribution >= 0.6 is 11.3 Å². The van der Waals surface area contributed by atoms with Crippen molar-refractivity contribution in [3.8, 4) is 11.5 Å². The number of fused-ring (bicyclic) bond motifs is 1. The van der Waals surface area contributed by atoms with Gasteiger partial charge in [-0.2, -0.15) is 0 Å². The van der Waals surface area contributed by atoms with E-state index < -0.39 is 0 Å². The van der Waals surface area contributed by atoms with E-state index in [1.807, 2.05) is 23.5 Å². The second kappa shape index (κ2) is 5.55. The fourth-order valence-electron chi connectivity index (χ4n) is 2.31. The van der Waals surface area contributed by atoms with Gasteiger partial charge in [-0.05, 0) is 29.1 Å². The maximum absolute atomic E-state index is 5.46. The molecule has 0 N–H and O–H groups in total. The lowest BCUT2D eigenvalue weighted by Crippen LogP contribution is -1.93. The minimum atomic E-state index is 0.821. The first kappa shape index (κ1) is 13.0. The van der Waals surface area contributed by atoms with Gasteiger partial charge < -0.3 is 9.47 Å². The zero-order valence-electron chi connectivity index (χ0n) is 11.6. The van der Waals surface area contributed by atoms with Gasteiger partial charge in [0.25, 0.3) is 0 Å². The summed E-state index contributed by atoms with van der Waals surface area (Å²) in [5.74, 6) is 1.70. The summed E-state index contributed by atoms with van der Waals surface area (Å²) in [4.78, 5) is 1.34. The molecular formula is C17H16O2S. The molecular weight excluding hydrogens is 268 g/mol. The van der Waals surface area contributed by atoms with Gasteiger partial charge in [-0.3, -0.25) is 0 Å². The topological polar surface area (TPSA) is 18.5 Å². The maximum Gasteiger partial charge on any atom is 0.126 e. The third-order valence-corrected chi connectivity index (χ3v) is 4.45. The lowest BCUT2D eigenvalue weighted by molar-refractivity contribution is 0.391. The Balaban J connectivity index is 1.93. The molecule has 0 radical (unpaired) electrons. The average molecular weight is 284 g/mol. The molecule has 0 aliphatic carbocycles. The van der Waals surface area contributed by atoms with E-state index in [0.717, 1.165) is 17.9 Å². The fourth-order valence-corrected chi connectivity index (χ4v) is 3.40. The van der Waals surface area contributed by atoms with Crippen LogP contribution in [0.4, 0.5) is 0 Å². The van der Waals surface area contributed by atoms with Gasteiger partial charge >= 0.3 is 0 Å². The standard InChI is InChI=1S/C17H16O2S/c1-18-14-8-7-12(16(11-14)19-2)9-15-10-13-5-3-4-6-17(13)20-15/h3-8,10-11H,9H2,1-2H3. The van der Waals surface area contributed by atoms with Gasteiger partial charge in [-0.25, -0.2) is 0 Å². The normalized spacial score (nSPS) is 10.7. The van der Waals surface area contributed by atoms with Crippen molar-refractivity contribution in [2.75, 3.05) is 14.2 Å². The molecule has 20 heavy (non-hydrogen) atoms. The van der Waals surface area contributed by atoms with Crippen LogP contribution in [0.25, 0.3) is 10.1 Å². The van der Waals surface area contributed by atoms with Crippen LogP contribution in [0.1, 0.15) is 10.4 Å². The predicted molar refractivity (Wildman–Crippen MR) is 84.2 cm³/mol. The van der Waals surface area contributed by atoms with Crippen LogP contribution in [0.5, 0.6) is 11.5 Å². The molecule has 3 aromatic rings. The van der Waals surface area contributed by atoms with Gasteiger partial charge in [0.05, 0.1) is 14.2 Å². The molecule has 0 bridgehead atoms. The number of rotatable bonds is 4. The van der Waals surface area contributed by atoms with Crippen molar-refractivity contribution in [3.05, 3.63) is 59.0 Å². The van der Waals surface area contributed by atoms with Crippen LogP contribution < -0.4 is 9.47 Å². The summed E-state index contributed by atoms with van der Waals surface area (Å²) in [5.41, 5.74) is 1.18. The maximum atomic E-state index is 5.46. The highest BCUT2D eigenvalue weighted by molar-refractivity contribution is 7.19. The fraction of sp³-hybridized carbons (Fsp3) is 0.176. The summed E-state index contributed by atoms with van der Waals surface area (Å²) in [6.07, 6.45) is 0.881. The minimum absolute atomic E-state index is 0.821. The number of methoxy groups -OCH3 is 2. The molecule has 3 rings (SSSR count). The van der Waals surface area contributed by atoms with E-state index in [-0.39, 0.29) is 0 Å². The van der Waals surface area contributed by atoms with Crippen molar-refractivity contribution in [2.24, 2.45) is 0 Å². The molecule has 3 heteroatoms. The molecule has 0 atom stereocenters. The summed E-state index contributed by atoms with van der Waals surface area (Å²) in [7, 11) is 3.36. The van der Waals surface area contributed by atoms with Gasteiger partial charge in [0.1, 0.15) is 11.5 Å². The molecule has 0 aliphatic heterocycles. The molecule has 1 heterocycles. The number of benzene rings is 2. The van der Waals surface area contributed by atoms with Crippen molar-refractivity contribution < 1.29 is 9.47 Å². The van der Waals surface area contributed by atoms with E-state index in [4.69, 9.17) is 9.47 Å². The second-order valence-electron chi connectivity index (χ2n) is 4.61. The van der Waals surface area contributed by atoms with E-state index in [1.165, 1.54) is 20.5 Å². The first-order valence-electron chi connectivity index (χ1n) is 6.48. The van der Waals surface area contributed by atoms with Gasteiger partial charge in [0.15, 0.2) is 0 Å². The number of ether oxygens (including phenoxy) is 2. The van der Waals surface area contributed by atoms with Crippen LogP contribution in [0.2, 0.25) is 0 Å². The molecule has 0 spiro atoms. The molecule has 0 aliphatic rings. The van der Waals surface area contributed by atoms with Gasteiger partial charge in [0.2, 0.25) is 0 Å². The predicted octanol–water partition coefficient (Wildman–Crippen LogP) is 4.51. The summed E-state index contributed by atoms with van der Waals surface area (Å²) < 4.78 is 12.0. The summed E-state index contributed by atoms with van der Waals surface area (Å²) in [5, 5.41) is 1.31. The largest absolute Gasteiger partial charge is 0.497 e. The molecule has 2 aromatic carbocycles. The highest BCUT2D eigenvalue weighted by atomic mass is 32.1. The smallest absolute Gasteiger partial charge is 0.126 e. The first-order valence-corrected chi connectivity index (χ1v) is 7.30. The Kier molecular flexibility index (Phi) is 3.61. The Labute approximate surface area is 122 Å². The van der Waals surface area contributed by atoms with Crippen molar-refractivity contribution in [3.63, 3.8) is 0 Å².